The number of ether oxygens (including phenoxy) is 1. The predicted molar refractivity (Wildman–Crippen MR) is 84.8 cm³/mol. The van der Waals surface area contributed by atoms with E-state index in [0.717, 1.165) is 18.6 Å². The maximum Gasteiger partial charge on any atom is 0.282 e. The maximum atomic E-state index is 12.9. The number of methoxy groups -OCH3 is 1. The van der Waals surface area contributed by atoms with E-state index >= 15 is 0 Å². The first kappa shape index (κ1) is 16.9. The standard InChI is InChI=1S/C15H25N3O4S/c1-15(2)5-8-17(9-6-15)23(19,20)18-7-4-13-12(10-18)16-14(22-13)11-21-3/h4-11H2,1-3H3. The van der Waals surface area contributed by atoms with Crippen LogP contribution in [0.3, 0.4) is 0 Å². The molecule has 130 valence electrons. The van der Waals surface area contributed by atoms with Gasteiger partial charge in [0, 0.05) is 33.2 Å². The van der Waals surface area contributed by atoms with Crippen LogP contribution in [0.25, 0.3) is 0 Å². The molecule has 2 aliphatic heterocycles. The van der Waals surface area contributed by atoms with E-state index in [1.54, 1.807) is 11.4 Å². The number of nitrogens with zero attached hydrogens (tertiary/aromatic N) is 3. The van der Waals surface area contributed by atoms with Crippen LogP contribution < -0.4 is 0 Å². The molecule has 0 aromatic carbocycles. The summed E-state index contributed by atoms with van der Waals surface area (Å²) in [5, 5.41) is 0. The Kier molecular flexibility index (Phi) is 4.52. The van der Waals surface area contributed by atoms with Crippen molar-refractivity contribution in [1.82, 2.24) is 13.6 Å². The summed E-state index contributed by atoms with van der Waals surface area (Å²) in [6, 6.07) is 0. The average molecular weight is 343 g/mol. The first-order valence-electron chi connectivity index (χ1n) is 8.03. The van der Waals surface area contributed by atoms with Crippen LogP contribution in [0.2, 0.25) is 0 Å². The number of piperidine rings is 1. The molecule has 0 saturated carbocycles. The summed E-state index contributed by atoms with van der Waals surface area (Å²) in [6.07, 6.45) is 2.35. The van der Waals surface area contributed by atoms with Crippen LogP contribution in [0.4, 0.5) is 0 Å². The summed E-state index contributed by atoms with van der Waals surface area (Å²) in [5.74, 6) is 1.29. The molecule has 0 bridgehead atoms. The molecule has 8 heteroatoms. The molecule has 1 fully saturated rings. The van der Waals surface area contributed by atoms with Crippen molar-refractivity contribution in [3.8, 4) is 0 Å². The molecule has 3 heterocycles. The van der Waals surface area contributed by atoms with Crippen molar-refractivity contribution in [3.63, 3.8) is 0 Å². The Hall–Kier alpha value is -0.960. The van der Waals surface area contributed by atoms with Crippen molar-refractivity contribution in [3.05, 3.63) is 17.3 Å². The molecule has 0 unspecified atom stereocenters. The topological polar surface area (TPSA) is 75.9 Å². The lowest BCUT2D eigenvalue weighted by Gasteiger charge is -2.38. The maximum absolute atomic E-state index is 12.9. The third-order valence-corrected chi connectivity index (χ3v) is 6.72. The molecule has 3 rings (SSSR count). The second kappa shape index (κ2) is 6.16. The van der Waals surface area contributed by atoms with E-state index in [1.807, 2.05) is 0 Å². The van der Waals surface area contributed by atoms with Gasteiger partial charge in [-0.1, -0.05) is 13.8 Å². The highest BCUT2D eigenvalue weighted by atomic mass is 32.2. The predicted octanol–water partition coefficient (Wildman–Crippen LogP) is 1.55. The molecule has 0 atom stereocenters. The van der Waals surface area contributed by atoms with Crippen molar-refractivity contribution in [1.29, 1.82) is 0 Å². The number of hydrogen-bond donors (Lipinski definition) is 0. The summed E-state index contributed by atoms with van der Waals surface area (Å²) in [4.78, 5) is 4.36. The van der Waals surface area contributed by atoms with Gasteiger partial charge in [-0.3, -0.25) is 0 Å². The zero-order valence-corrected chi connectivity index (χ0v) is 14.9. The Morgan fingerprint density at radius 2 is 1.91 bits per heavy atom. The number of fused-ring (bicyclic) bond motifs is 1. The molecule has 0 radical (unpaired) electrons. The van der Waals surface area contributed by atoms with Crippen molar-refractivity contribution in [2.75, 3.05) is 26.7 Å². The van der Waals surface area contributed by atoms with Crippen LogP contribution in [0.15, 0.2) is 4.42 Å². The second-order valence-electron chi connectivity index (χ2n) is 7.07. The van der Waals surface area contributed by atoms with E-state index in [2.05, 4.69) is 18.8 Å². The Labute approximate surface area is 137 Å². The third kappa shape index (κ3) is 3.45. The molecule has 1 aromatic rings. The van der Waals surface area contributed by atoms with Crippen LogP contribution in [-0.4, -0.2) is 48.8 Å². The van der Waals surface area contributed by atoms with Crippen molar-refractivity contribution < 1.29 is 17.6 Å². The van der Waals surface area contributed by atoms with Gasteiger partial charge >= 0.3 is 0 Å². The van der Waals surface area contributed by atoms with Crippen LogP contribution in [0.5, 0.6) is 0 Å². The highest BCUT2D eigenvalue weighted by Gasteiger charge is 2.37. The Morgan fingerprint density at radius 3 is 2.57 bits per heavy atom. The first-order chi connectivity index (χ1) is 10.8. The third-order valence-electron chi connectivity index (χ3n) is 4.73. The molecule has 23 heavy (non-hydrogen) atoms. The van der Waals surface area contributed by atoms with Gasteiger partial charge in [0.05, 0.1) is 12.2 Å². The highest BCUT2D eigenvalue weighted by molar-refractivity contribution is 7.86. The zero-order chi connectivity index (χ0) is 16.7. The van der Waals surface area contributed by atoms with Gasteiger partial charge in [-0.2, -0.15) is 17.0 Å². The molecular formula is C15H25N3O4S. The molecule has 7 nitrogen and oxygen atoms in total. The van der Waals surface area contributed by atoms with Gasteiger partial charge in [0.15, 0.2) is 0 Å². The lowest BCUT2D eigenvalue weighted by molar-refractivity contribution is 0.157. The Bertz CT molecular complexity index is 658. The summed E-state index contributed by atoms with van der Waals surface area (Å²) in [6.45, 7) is 6.59. The van der Waals surface area contributed by atoms with Crippen molar-refractivity contribution in [2.45, 2.75) is 46.3 Å². The molecule has 0 spiro atoms. The molecule has 0 amide bonds. The van der Waals surface area contributed by atoms with Gasteiger partial charge in [-0.05, 0) is 18.3 Å². The zero-order valence-electron chi connectivity index (χ0n) is 14.0. The minimum absolute atomic E-state index is 0.224. The largest absolute Gasteiger partial charge is 0.443 e. The lowest BCUT2D eigenvalue weighted by atomic mass is 9.83. The average Bonchev–Trinajstić information content (AvgIpc) is 2.88. The Morgan fingerprint density at radius 1 is 1.22 bits per heavy atom. The minimum Gasteiger partial charge on any atom is -0.443 e. The fraction of sp³-hybridized carbons (Fsp3) is 0.800. The van der Waals surface area contributed by atoms with E-state index in [-0.39, 0.29) is 12.0 Å². The van der Waals surface area contributed by atoms with Gasteiger partial charge < -0.3 is 9.15 Å². The van der Waals surface area contributed by atoms with Crippen LogP contribution in [0.1, 0.15) is 44.0 Å². The van der Waals surface area contributed by atoms with E-state index in [4.69, 9.17) is 9.15 Å². The molecular weight excluding hydrogens is 318 g/mol. The summed E-state index contributed by atoms with van der Waals surface area (Å²) < 4.78 is 39.5. The van der Waals surface area contributed by atoms with Crippen LogP contribution in [-0.2, 0) is 34.5 Å². The molecule has 2 aliphatic rings. The molecule has 0 aliphatic carbocycles. The summed E-state index contributed by atoms with van der Waals surface area (Å²) in [7, 11) is -1.85. The number of oxazole rings is 1. The Balaban J connectivity index is 1.72. The van der Waals surface area contributed by atoms with E-state index < -0.39 is 10.2 Å². The molecule has 1 saturated heterocycles. The highest BCUT2D eigenvalue weighted by Crippen LogP contribution is 2.32. The molecule has 1 aromatic heterocycles. The van der Waals surface area contributed by atoms with Crippen molar-refractivity contribution >= 4 is 10.2 Å². The normalized spacial score (nSPS) is 22.9. The number of aromatic nitrogens is 1. The fourth-order valence-electron chi connectivity index (χ4n) is 3.10. The first-order valence-corrected chi connectivity index (χ1v) is 9.43. The number of hydrogen-bond acceptors (Lipinski definition) is 5. The van der Waals surface area contributed by atoms with Gasteiger partial charge in [0.25, 0.3) is 10.2 Å². The van der Waals surface area contributed by atoms with Crippen molar-refractivity contribution in [2.24, 2.45) is 5.41 Å². The summed E-state index contributed by atoms with van der Waals surface area (Å²) >= 11 is 0. The van der Waals surface area contributed by atoms with Gasteiger partial charge in [-0.25, -0.2) is 4.98 Å². The second-order valence-corrected chi connectivity index (χ2v) is 8.99. The summed E-state index contributed by atoms with van der Waals surface area (Å²) in [5.41, 5.74) is 0.937. The van der Waals surface area contributed by atoms with Gasteiger partial charge in [0.2, 0.25) is 5.89 Å². The minimum atomic E-state index is -3.43. The van der Waals surface area contributed by atoms with Crippen LogP contribution in [0, 0.1) is 5.41 Å². The van der Waals surface area contributed by atoms with E-state index in [9.17, 15) is 8.42 Å². The lowest BCUT2D eigenvalue weighted by Crippen LogP contribution is -2.49. The fourth-order valence-corrected chi connectivity index (χ4v) is 4.67. The van der Waals surface area contributed by atoms with Crippen LogP contribution >= 0.6 is 0 Å². The van der Waals surface area contributed by atoms with Gasteiger partial charge in [-0.15, -0.1) is 0 Å². The van der Waals surface area contributed by atoms with Gasteiger partial charge in [0.1, 0.15) is 12.4 Å². The van der Waals surface area contributed by atoms with E-state index in [1.165, 1.54) is 4.31 Å². The number of rotatable bonds is 4. The quantitative estimate of drug-likeness (QED) is 0.829. The molecule has 0 N–H and O–H groups in total. The smallest absolute Gasteiger partial charge is 0.282 e. The monoisotopic (exact) mass is 343 g/mol. The van der Waals surface area contributed by atoms with E-state index in [0.29, 0.717) is 44.2 Å². The SMILES string of the molecule is COCc1nc2c(o1)CCN(S(=O)(=O)N1CCC(C)(C)CC1)C2.